The van der Waals surface area contributed by atoms with E-state index in [9.17, 15) is 18.0 Å². The third-order valence-corrected chi connectivity index (χ3v) is 8.34. The van der Waals surface area contributed by atoms with Crippen molar-refractivity contribution < 1.29 is 27.5 Å². The molecule has 2 aromatic carbocycles. The van der Waals surface area contributed by atoms with Gasteiger partial charge in [0, 0.05) is 25.0 Å². The van der Waals surface area contributed by atoms with Crippen molar-refractivity contribution in [1.82, 2.24) is 14.3 Å². The Hall–Kier alpha value is -2.95. The van der Waals surface area contributed by atoms with Crippen LogP contribution in [0.1, 0.15) is 42.6 Å². The standard InChI is InChI=1S/C26H35N3O6S/c1-19(2)23(25(31)35-4)28-36(32,33)29-16-14-26(15-17-29,20-10-6-5-7-11-20)18-27-24(30)21-12-8-9-13-22(21)34-3/h5-13,19,23,28H,14-18H2,1-4H3,(H,27,30). The number of esters is 1. The van der Waals surface area contributed by atoms with E-state index in [1.165, 1.54) is 18.5 Å². The highest BCUT2D eigenvalue weighted by molar-refractivity contribution is 7.87. The maximum Gasteiger partial charge on any atom is 0.324 e. The van der Waals surface area contributed by atoms with Crippen LogP contribution in [0.2, 0.25) is 0 Å². The minimum atomic E-state index is -3.92. The average Bonchev–Trinajstić information content (AvgIpc) is 2.90. The molecule has 1 amide bonds. The topological polar surface area (TPSA) is 114 Å². The summed E-state index contributed by atoms with van der Waals surface area (Å²) in [5.41, 5.74) is 1.02. The van der Waals surface area contributed by atoms with Crippen LogP contribution < -0.4 is 14.8 Å². The SMILES string of the molecule is COC(=O)C(NS(=O)(=O)N1CCC(CNC(=O)c2ccccc2OC)(c2ccccc2)CC1)C(C)C. The van der Waals surface area contributed by atoms with Gasteiger partial charge in [0.25, 0.3) is 16.1 Å². The van der Waals surface area contributed by atoms with Crippen LogP contribution in [0.25, 0.3) is 0 Å². The van der Waals surface area contributed by atoms with Crippen molar-refractivity contribution in [3.05, 3.63) is 65.7 Å². The summed E-state index contributed by atoms with van der Waals surface area (Å²) in [7, 11) is -1.16. The number of hydrogen-bond donors (Lipinski definition) is 2. The number of rotatable bonds is 10. The van der Waals surface area contributed by atoms with E-state index in [-0.39, 0.29) is 24.9 Å². The zero-order valence-corrected chi connectivity index (χ0v) is 22.0. The molecular weight excluding hydrogens is 482 g/mol. The summed E-state index contributed by atoms with van der Waals surface area (Å²) < 4.78 is 40.2. The van der Waals surface area contributed by atoms with Gasteiger partial charge < -0.3 is 14.8 Å². The largest absolute Gasteiger partial charge is 0.496 e. The molecule has 0 aromatic heterocycles. The summed E-state index contributed by atoms with van der Waals surface area (Å²) in [4.78, 5) is 25.1. The molecule has 0 spiro atoms. The molecule has 0 bridgehead atoms. The number of hydrogen-bond acceptors (Lipinski definition) is 6. The number of nitrogens with one attached hydrogen (secondary N) is 2. The fourth-order valence-corrected chi connectivity index (χ4v) is 6.01. The molecule has 1 fully saturated rings. The molecule has 1 aliphatic rings. The first-order valence-electron chi connectivity index (χ1n) is 12.0. The predicted molar refractivity (Wildman–Crippen MR) is 137 cm³/mol. The van der Waals surface area contributed by atoms with Crippen LogP contribution >= 0.6 is 0 Å². The van der Waals surface area contributed by atoms with E-state index in [4.69, 9.17) is 9.47 Å². The number of carbonyl (C=O) groups excluding carboxylic acids is 2. The Balaban J connectivity index is 1.77. The summed E-state index contributed by atoms with van der Waals surface area (Å²) in [5.74, 6) is -0.660. The number of nitrogens with zero attached hydrogens (tertiary/aromatic N) is 1. The van der Waals surface area contributed by atoms with Crippen LogP contribution in [0.3, 0.4) is 0 Å². The summed E-state index contributed by atoms with van der Waals surface area (Å²) in [5, 5.41) is 3.04. The van der Waals surface area contributed by atoms with Gasteiger partial charge in [0.2, 0.25) is 0 Å². The molecule has 3 rings (SSSR count). The molecule has 1 aliphatic heterocycles. The Morgan fingerprint density at radius 1 is 1.00 bits per heavy atom. The lowest BCUT2D eigenvalue weighted by Crippen LogP contribution is -2.55. The van der Waals surface area contributed by atoms with Crippen LogP contribution in [0.4, 0.5) is 0 Å². The minimum absolute atomic E-state index is 0.237. The minimum Gasteiger partial charge on any atom is -0.496 e. The second-order valence-corrected chi connectivity index (χ2v) is 11.0. The van der Waals surface area contributed by atoms with Gasteiger partial charge in [-0.1, -0.05) is 56.3 Å². The molecule has 1 atom stereocenters. The van der Waals surface area contributed by atoms with Crippen LogP contribution in [-0.4, -0.2) is 64.5 Å². The van der Waals surface area contributed by atoms with Crippen molar-refractivity contribution in [1.29, 1.82) is 0 Å². The lowest BCUT2D eigenvalue weighted by Gasteiger charge is -2.42. The fourth-order valence-electron chi connectivity index (χ4n) is 4.51. The summed E-state index contributed by atoms with van der Waals surface area (Å²) >= 11 is 0. The summed E-state index contributed by atoms with van der Waals surface area (Å²) in [6, 6.07) is 15.9. The number of methoxy groups -OCH3 is 2. The average molecular weight is 518 g/mol. The lowest BCUT2D eigenvalue weighted by molar-refractivity contribution is -0.143. The molecule has 0 radical (unpaired) electrons. The Labute approximate surface area is 213 Å². The van der Waals surface area contributed by atoms with Gasteiger partial charge in [-0.05, 0) is 36.5 Å². The molecule has 2 aromatic rings. The molecule has 10 heteroatoms. The van der Waals surface area contributed by atoms with Crippen molar-refractivity contribution in [3.8, 4) is 5.75 Å². The second-order valence-electron chi connectivity index (χ2n) is 9.30. The van der Waals surface area contributed by atoms with Gasteiger partial charge in [-0.3, -0.25) is 9.59 Å². The van der Waals surface area contributed by atoms with E-state index >= 15 is 0 Å². The number of carbonyl (C=O) groups is 2. The van der Waals surface area contributed by atoms with Crippen LogP contribution in [0, 0.1) is 5.92 Å². The second kappa shape index (κ2) is 11.9. The van der Waals surface area contributed by atoms with Gasteiger partial charge in [-0.25, -0.2) is 0 Å². The summed E-state index contributed by atoms with van der Waals surface area (Å²) in [6.45, 7) is 4.32. The van der Waals surface area contributed by atoms with Crippen LogP contribution in [0.15, 0.2) is 54.6 Å². The number of benzene rings is 2. The number of piperidine rings is 1. The molecule has 0 aliphatic carbocycles. The highest BCUT2D eigenvalue weighted by Gasteiger charge is 2.41. The molecule has 2 N–H and O–H groups in total. The highest BCUT2D eigenvalue weighted by atomic mass is 32.2. The van der Waals surface area contributed by atoms with Crippen LogP contribution in [0.5, 0.6) is 5.75 Å². The molecule has 0 saturated carbocycles. The van der Waals surface area contributed by atoms with Gasteiger partial charge in [0.1, 0.15) is 11.8 Å². The van der Waals surface area contributed by atoms with Gasteiger partial charge in [0.05, 0.1) is 19.8 Å². The van der Waals surface area contributed by atoms with Crippen molar-refractivity contribution in [3.63, 3.8) is 0 Å². The lowest BCUT2D eigenvalue weighted by atomic mass is 9.73. The first-order chi connectivity index (χ1) is 17.1. The summed E-state index contributed by atoms with van der Waals surface area (Å²) in [6.07, 6.45) is 0.989. The fraction of sp³-hybridized carbons (Fsp3) is 0.462. The molecule has 1 saturated heterocycles. The Morgan fingerprint density at radius 3 is 2.19 bits per heavy atom. The van der Waals surface area contributed by atoms with Gasteiger partial charge in [-0.15, -0.1) is 0 Å². The van der Waals surface area contributed by atoms with Gasteiger partial charge >= 0.3 is 5.97 Å². The van der Waals surface area contributed by atoms with E-state index in [1.54, 1.807) is 38.1 Å². The van der Waals surface area contributed by atoms with E-state index in [2.05, 4.69) is 10.0 Å². The normalized spacial score (nSPS) is 16.8. The first kappa shape index (κ1) is 27.6. The van der Waals surface area contributed by atoms with E-state index in [1.807, 2.05) is 30.3 Å². The van der Waals surface area contributed by atoms with Crippen molar-refractivity contribution in [2.24, 2.45) is 5.92 Å². The van der Waals surface area contributed by atoms with E-state index in [0.717, 1.165) is 5.56 Å². The van der Waals surface area contributed by atoms with Crippen molar-refractivity contribution >= 4 is 22.1 Å². The maximum absolute atomic E-state index is 13.1. The predicted octanol–water partition coefficient (Wildman–Crippen LogP) is 2.49. The van der Waals surface area contributed by atoms with Crippen molar-refractivity contribution in [2.75, 3.05) is 33.9 Å². The smallest absolute Gasteiger partial charge is 0.324 e. The Kier molecular flexibility index (Phi) is 9.10. The molecular formula is C26H35N3O6S. The molecule has 1 heterocycles. The Bertz CT molecular complexity index is 1150. The first-order valence-corrected chi connectivity index (χ1v) is 13.4. The quantitative estimate of drug-likeness (QED) is 0.468. The van der Waals surface area contributed by atoms with E-state index in [0.29, 0.717) is 30.7 Å². The monoisotopic (exact) mass is 517 g/mol. The highest BCUT2D eigenvalue weighted by Crippen LogP contribution is 2.36. The number of para-hydroxylation sites is 1. The van der Waals surface area contributed by atoms with E-state index < -0.39 is 27.6 Å². The molecule has 196 valence electrons. The zero-order valence-electron chi connectivity index (χ0n) is 21.2. The number of amides is 1. The molecule has 36 heavy (non-hydrogen) atoms. The molecule has 9 nitrogen and oxygen atoms in total. The van der Waals surface area contributed by atoms with Crippen LogP contribution in [-0.2, 0) is 25.2 Å². The molecule has 1 unspecified atom stereocenters. The third kappa shape index (κ3) is 6.24. The maximum atomic E-state index is 13.1. The number of ether oxygens (including phenoxy) is 2. The van der Waals surface area contributed by atoms with Crippen molar-refractivity contribution in [2.45, 2.75) is 38.1 Å². The van der Waals surface area contributed by atoms with Gasteiger partial charge in [-0.2, -0.15) is 17.4 Å². The Morgan fingerprint density at radius 2 is 1.61 bits per heavy atom. The van der Waals surface area contributed by atoms with Gasteiger partial charge in [0.15, 0.2) is 0 Å². The third-order valence-electron chi connectivity index (χ3n) is 6.74. The zero-order chi connectivity index (χ0) is 26.3.